The molecule has 2 N–H and O–H groups in total. The molecule has 2 atom stereocenters. The van der Waals surface area contributed by atoms with Crippen molar-refractivity contribution in [2.45, 2.75) is 32.4 Å². The van der Waals surface area contributed by atoms with Crippen molar-refractivity contribution in [2.75, 3.05) is 6.54 Å². The molecule has 0 aliphatic carbocycles. The molecule has 1 aromatic rings. The van der Waals surface area contributed by atoms with E-state index in [1.807, 2.05) is 19.9 Å². The molecule has 15 heavy (non-hydrogen) atoms. The Morgan fingerprint density at radius 1 is 1.40 bits per heavy atom. The monoisotopic (exact) mass is 211 g/mol. The predicted octanol–water partition coefficient (Wildman–Crippen LogP) is 2.25. The Bertz CT molecular complexity index is 303. The Morgan fingerprint density at radius 3 is 2.67 bits per heavy atom. The molecule has 84 valence electrons. The van der Waals surface area contributed by atoms with Crippen molar-refractivity contribution >= 4 is 0 Å². The quantitative estimate of drug-likeness (QED) is 0.783. The molecule has 1 rings (SSSR count). The van der Waals surface area contributed by atoms with Crippen LogP contribution in [0.2, 0.25) is 0 Å². The van der Waals surface area contributed by atoms with E-state index in [2.05, 4.69) is 5.32 Å². The van der Waals surface area contributed by atoms with Crippen LogP contribution in [0.5, 0.6) is 0 Å². The first kappa shape index (κ1) is 12.1. The second-order valence-corrected chi connectivity index (χ2v) is 3.71. The first-order chi connectivity index (χ1) is 7.15. The second kappa shape index (κ2) is 5.83. The van der Waals surface area contributed by atoms with Crippen molar-refractivity contribution in [3.05, 3.63) is 35.6 Å². The zero-order valence-electron chi connectivity index (χ0n) is 9.20. The molecule has 0 saturated heterocycles. The van der Waals surface area contributed by atoms with Crippen LogP contribution in [0.15, 0.2) is 24.3 Å². The average Bonchev–Trinajstić information content (AvgIpc) is 2.26. The first-order valence-corrected chi connectivity index (χ1v) is 5.31. The molecular formula is C12H18FNO. The number of aliphatic hydroxyl groups excluding tert-OH is 1. The van der Waals surface area contributed by atoms with E-state index in [1.54, 1.807) is 12.1 Å². The molecular weight excluding hydrogens is 193 g/mol. The van der Waals surface area contributed by atoms with Crippen LogP contribution >= 0.6 is 0 Å². The van der Waals surface area contributed by atoms with Gasteiger partial charge < -0.3 is 10.4 Å². The highest BCUT2D eigenvalue weighted by atomic mass is 19.1. The topological polar surface area (TPSA) is 32.3 Å². The third-order valence-corrected chi connectivity index (χ3v) is 2.50. The summed E-state index contributed by atoms with van der Waals surface area (Å²) in [6, 6.07) is 6.61. The van der Waals surface area contributed by atoms with E-state index in [0.29, 0.717) is 18.5 Å². The molecule has 1 unspecified atom stereocenters. The number of nitrogens with one attached hydrogen (secondary N) is 1. The third-order valence-electron chi connectivity index (χ3n) is 2.50. The highest BCUT2D eigenvalue weighted by molar-refractivity contribution is 5.20. The Balaban J connectivity index is 2.54. The molecule has 0 saturated carbocycles. The Hall–Kier alpha value is -0.930. The molecule has 0 aliphatic rings. The smallest absolute Gasteiger partial charge is 0.127 e. The van der Waals surface area contributed by atoms with Gasteiger partial charge in [0.25, 0.3) is 0 Å². The fourth-order valence-corrected chi connectivity index (χ4v) is 1.39. The lowest BCUT2D eigenvalue weighted by Crippen LogP contribution is -2.29. The lowest BCUT2D eigenvalue weighted by Gasteiger charge is -2.17. The molecule has 0 bridgehead atoms. The Kier molecular flexibility index (Phi) is 4.72. The second-order valence-electron chi connectivity index (χ2n) is 3.71. The molecule has 0 radical (unpaired) electrons. The van der Waals surface area contributed by atoms with Crippen LogP contribution in [-0.4, -0.2) is 17.8 Å². The van der Waals surface area contributed by atoms with Crippen molar-refractivity contribution in [3.8, 4) is 0 Å². The predicted molar refractivity (Wildman–Crippen MR) is 59.1 cm³/mol. The summed E-state index contributed by atoms with van der Waals surface area (Å²) in [4.78, 5) is 0. The minimum atomic E-state index is -0.362. The van der Waals surface area contributed by atoms with Crippen LogP contribution in [0.3, 0.4) is 0 Å². The van der Waals surface area contributed by atoms with Gasteiger partial charge in [-0.05, 0) is 19.4 Å². The van der Waals surface area contributed by atoms with Crippen LogP contribution in [0, 0.1) is 5.82 Å². The van der Waals surface area contributed by atoms with Gasteiger partial charge in [0.05, 0.1) is 6.10 Å². The van der Waals surface area contributed by atoms with Gasteiger partial charge in [0.1, 0.15) is 5.82 Å². The number of hydrogen-bond acceptors (Lipinski definition) is 2. The fourth-order valence-electron chi connectivity index (χ4n) is 1.39. The normalized spacial score (nSPS) is 14.9. The Labute approximate surface area is 90.1 Å². The standard InChI is InChI=1S/C12H18FNO/c1-3-10(15)8-14-9(2)11-6-4-5-7-12(11)13/h4-7,9-10,14-15H,3,8H2,1-2H3/t9-,10?/m1/s1. The minimum Gasteiger partial charge on any atom is -0.392 e. The maximum Gasteiger partial charge on any atom is 0.127 e. The maximum absolute atomic E-state index is 13.3. The molecule has 0 amide bonds. The minimum absolute atomic E-state index is 0.0765. The SMILES string of the molecule is CCC(O)CN[C@H](C)c1ccccc1F. The first-order valence-electron chi connectivity index (χ1n) is 5.31. The van der Waals surface area contributed by atoms with Gasteiger partial charge in [-0.15, -0.1) is 0 Å². The van der Waals surface area contributed by atoms with Crippen LogP contribution in [0.25, 0.3) is 0 Å². The molecule has 0 fully saturated rings. The summed E-state index contributed by atoms with van der Waals surface area (Å²) in [7, 11) is 0. The van der Waals surface area contributed by atoms with Crippen molar-refractivity contribution < 1.29 is 9.50 Å². The summed E-state index contributed by atoms with van der Waals surface area (Å²) in [6.45, 7) is 4.30. The highest BCUT2D eigenvalue weighted by Gasteiger charge is 2.10. The zero-order chi connectivity index (χ0) is 11.3. The van der Waals surface area contributed by atoms with Gasteiger partial charge in [-0.1, -0.05) is 25.1 Å². The lowest BCUT2D eigenvalue weighted by atomic mass is 10.1. The summed E-state index contributed by atoms with van der Waals surface area (Å²) in [5.74, 6) is -0.205. The number of halogens is 1. The van der Waals surface area contributed by atoms with Gasteiger partial charge >= 0.3 is 0 Å². The number of rotatable bonds is 5. The van der Waals surface area contributed by atoms with Crippen molar-refractivity contribution in [3.63, 3.8) is 0 Å². The van der Waals surface area contributed by atoms with Gasteiger partial charge in [-0.2, -0.15) is 0 Å². The van der Waals surface area contributed by atoms with E-state index in [4.69, 9.17) is 0 Å². The molecule has 1 aromatic carbocycles. The van der Waals surface area contributed by atoms with Gasteiger partial charge in [-0.25, -0.2) is 4.39 Å². The van der Waals surface area contributed by atoms with E-state index in [1.165, 1.54) is 6.07 Å². The molecule has 3 heteroatoms. The summed E-state index contributed by atoms with van der Waals surface area (Å²) in [6.07, 6.45) is 0.344. The molecule has 0 aromatic heterocycles. The van der Waals surface area contributed by atoms with Gasteiger partial charge in [-0.3, -0.25) is 0 Å². The van der Waals surface area contributed by atoms with Crippen molar-refractivity contribution in [1.82, 2.24) is 5.32 Å². The number of hydrogen-bond donors (Lipinski definition) is 2. The summed E-state index contributed by atoms with van der Waals surface area (Å²) < 4.78 is 13.3. The van der Waals surface area contributed by atoms with Crippen molar-refractivity contribution in [1.29, 1.82) is 0 Å². The summed E-state index contributed by atoms with van der Waals surface area (Å²) in [5.41, 5.74) is 0.640. The largest absolute Gasteiger partial charge is 0.392 e. The van der Waals surface area contributed by atoms with E-state index in [9.17, 15) is 9.50 Å². The van der Waals surface area contributed by atoms with Crippen molar-refractivity contribution in [2.24, 2.45) is 0 Å². The third kappa shape index (κ3) is 3.61. The number of benzene rings is 1. The van der Waals surface area contributed by atoms with Gasteiger partial charge in [0, 0.05) is 18.2 Å². The molecule has 0 aliphatic heterocycles. The maximum atomic E-state index is 13.3. The fraction of sp³-hybridized carbons (Fsp3) is 0.500. The highest BCUT2D eigenvalue weighted by Crippen LogP contribution is 2.15. The van der Waals surface area contributed by atoms with Crippen LogP contribution < -0.4 is 5.32 Å². The molecule has 2 nitrogen and oxygen atoms in total. The summed E-state index contributed by atoms with van der Waals surface area (Å²) in [5, 5.41) is 12.5. The van der Waals surface area contributed by atoms with Gasteiger partial charge in [0.2, 0.25) is 0 Å². The molecule has 0 spiro atoms. The lowest BCUT2D eigenvalue weighted by molar-refractivity contribution is 0.163. The van der Waals surface area contributed by atoms with E-state index < -0.39 is 0 Å². The van der Waals surface area contributed by atoms with Crippen LogP contribution in [0.1, 0.15) is 31.9 Å². The van der Waals surface area contributed by atoms with E-state index in [0.717, 1.165) is 0 Å². The summed E-state index contributed by atoms with van der Waals surface area (Å²) >= 11 is 0. The zero-order valence-corrected chi connectivity index (χ0v) is 9.20. The average molecular weight is 211 g/mol. The van der Waals surface area contributed by atoms with Crippen LogP contribution in [0.4, 0.5) is 4.39 Å². The molecule has 0 heterocycles. The van der Waals surface area contributed by atoms with Gasteiger partial charge in [0.15, 0.2) is 0 Å². The Morgan fingerprint density at radius 2 is 2.07 bits per heavy atom. The van der Waals surface area contributed by atoms with Crippen LogP contribution in [-0.2, 0) is 0 Å². The van der Waals surface area contributed by atoms with E-state index >= 15 is 0 Å². The van der Waals surface area contributed by atoms with E-state index in [-0.39, 0.29) is 18.0 Å². The number of aliphatic hydroxyl groups is 1.